The van der Waals surface area contributed by atoms with Gasteiger partial charge < -0.3 is 4.74 Å². The van der Waals surface area contributed by atoms with E-state index in [-0.39, 0.29) is 41.1 Å². The van der Waals surface area contributed by atoms with E-state index in [1.165, 1.54) is 0 Å². The highest BCUT2D eigenvalue weighted by atomic mass is 16.5. The fraction of sp³-hybridized carbons (Fsp3) is 0. The lowest BCUT2D eigenvalue weighted by molar-refractivity contribution is 0.487. The first-order valence-corrected chi connectivity index (χ1v) is 13.3. The summed E-state index contributed by atoms with van der Waals surface area (Å²) in [7, 11) is 0. The van der Waals surface area contributed by atoms with Crippen molar-refractivity contribution in [2.24, 2.45) is 0 Å². The van der Waals surface area contributed by atoms with Gasteiger partial charge in [0.2, 0.25) is 0 Å². The van der Waals surface area contributed by atoms with Crippen LogP contribution in [0, 0.1) is 0 Å². The maximum absolute atomic E-state index is 9.07. The first kappa shape index (κ1) is 19.4. The predicted octanol–water partition coefficient (Wildman–Crippen LogP) is 9.47. The summed E-state index contributed by atoms with van der Waals surface area (Å²) in [6.45, 7) is 0. The standard InChI is InChI=1S/C37H23N3O/c1-3-9-26(10-4-1)35-38-36(27-11-5-2-6-12-27)40-37(39-35)28-19-17-24(18-20-28)29-21-22-32-31(23-29)30-15-7-13-25-14-8-16-33(41-32)34(25)30/h1-23H/i17D,18D,19D,20D. The Balaban J connectivity index is 1.31. The zero-order chi connectivity index (χ0) is 30.7. The lowest BCUT2D eigenvalue weighted by atomic mass is 9.92. The van der Waals surface area contributed by atoms with E-state index >= 15 is 0 Å². The van der Waals surface area contributed by atoms with Gasteiger partial charge in [-0.3, -0.25) is 0 Å². The second kappa shape index (κ2) is 9.54. The van der Waals surface area contributed by atoms with Gasteiger partial charge in [-0.2, -0.15) is 0 Å². The van der Waals surface area contributed by atoms with Crippen molar-refractivity contribution in [2.75, 3.05) is 0 Å². The van der Waals surface area contributed by atoms with Gasteiger partial charge in [-0.05, 0) is 40.3 Å². The topological polar surface area (TPSA) is 47.9 Å². The molecule has 4 heteroatoms. The molecule has 4 nitrogen and oxygen atoms in total. The van der Waals surface area contributed by atoms with Gasteiger partial charge in [0.25, 0.3) is 0 Å². The molecule has 0 fully saturated rings. The van der Waals surface area contributed by atoms with Crippen LogP contribution in [0.2, 0.25) is 0 Å². The molecule has 0 spiro atoms. The summed E-state index contributed by atoms with van der Waals surface area (Å²) in [5, 5.41) is 2.05. The van der Waals surface area contributed by atoms with Crippen LogP contribution in [0.1, 0.15) is 5.48 Å². The molecule has 0 N–H and O–H groups in total. The molecule has 1 aliphatic heterocycles. The maximum Gasteiger partial charge on any atom is 0.164 e. The van der Waals surface area contributed by atoms with E-state index in [1.54, 1.807) is 6.07 Å². The lowest BCUT2D eigenvalue weighted by Gasteiger charge is -2.22. The minimum Gasteiger partial charge on any atom is -0.456 e. The molecule has 0 saturated carbocycles. The Bertz CT molecular complexity index is 2200. The number of rotatable bonds is 4. The number of benzene rings is 6. The van der Waals surface area contributed by atoms with Crippen molar-refractivity contribution in [2.45, 2.75) is 0 Å². The number of fused-ring (bicyclic) bond motifs is 2. The molecule has 0 unspecified atom stereocenters. The first-order valence-electron chi connectivity index (χ1n) is 15.3. The molecule has 8 rings (SSSR count). The Morgan fingerprint density at radius 3 is 1.68 bits per heavy atom. The number of ether oxygens (including phenoxy) is 1. The second-order valence-electron chi connectivity index (χ2n) is 9.76. The van der Waals surface area contributed by atoms with Gasteiger partial charge in [-0.25, -0.2) is 15.0 Å². The normalized spacial score (nSPS) is 13.0. The van der Waals surface area contributed by atoms with E-state index in [9.17, 15) is 0 Å². The lowest BCUT2D eigenvalue weighted by Crippen LogP contribution is -2.00. The van der Waals surface area contributed by atoms with Crippen LogP contribution in [0.25, 0.3) is 67.2 Å². The Kier molecular flexibility index (Phi) is 4.53. The minimum absolute atomic E-state index is 0.0190. The molecule has 0 amide bonds. The van der Waals surface area contributed by atoms with Crippen molar-refractivity contribution >= 4 is 10.8 Å². The molecule has 0 bridgehead atoms. The second-order valence-corrected chi connectivity index (χ2v) is 9.76. The predicted molar refractivity (Wildman–Crippen MR) is 165 cm³/mol. The van der Waals surface area contributed by atoms with Crippen LogP contribution in [0.5, 0.6) is 11.5 Å². The van der Waals surface area contributed by atoms with Crippen LogP contribution in [0.3, 0.4) is 0 Å². The smallest absolute Gasteiger partial charge is 0.164 e. The molecule has 0 radical (unpaired) electrons. The number of hydrogen-bond acceptors (Lipinski definition) is 4. The highest BCUT2D eigenvalue weighted by Crippen LogP contribution is 2.47. The summed E-state index contributed by atoms with van der Waals surface area (Å²) in [4.78, 5) is 14.0. The Hall–Kier alpha value is -5.61. The zero-order valence-corrected chi connectivity index (χ0v) is 21.7. The van der Waals surface area contributed by atoms with Crippen molar-refractivity contribution in [1.29, 1.82) is 0 Å². The van der Waals surface area contributed by atoms with E-state index in [0.29, 0.717) is 23.0 Å². The minimum atomic E-state index is -0.225. The van der Waals surface area contributed by atoms with Crippen LogP contribution >= 0.6 is 0 Å². The summed E-state index contributed by atoms with van der Waals surface area (Å²) in [5.74, 6) is 2.28. The van der Waals surface area contributed by atoms with Gasteiger partial charge in [-0.1, -0.05) is 121 Å². The van der Waals surface area contributed by atoms with Crippen LogP contribution in [0.15, 0.2) is 139 Å². The fourth-order valence-corrected chi connectivity index (χ4v) is 5.21. The van der Waals surface area contributed by atoms with E-state index in [1.807, 2.05) is 109 Å². The van der Waals surface area contributed by atoms with Gasteiger partial charge in [0, 0.05) is 27.6 Å². The summed E-state index contributed by atoms with van der Waals surface area (Å²) in [6, 6.07) is 35.5. The number of aromatic nitrogens is 3. The molecular weight excluding hydrogens is 502 g/mol. The summed E-state index contributed by atoms with van der Waals surface area (Å²) < 4.78 is 42.5. The highest BCUT2D eigenvalue weighted by Gasteiger charge is 2.20. The summed E-state index contributed by atoms with van der Waals surface area (Å²) in [6.07, 6.45) is 0. The molecule has 0 aliphatic carbocycles. The quantitative estimate of drug-likeness (QED) is 0.228. The molecule has 192 valence electrons. The van der Waals surface area contributed by atoms with E-state index in [4.69, 9.17) is 15.2 Å². The summed E-state index contributed by atoms with van der Waals surface area (Å²) in [5.41, 5.74) is 4.09. The van der Waals surface area contributed by atoms with Crippen molar-refractivity contribution < 1.29 is 10.2 Å². The fourth-order valence-electron chi connectivity index (χ4n) is 5.21. The molecule has 41 heavy (non-hydrogen) atoms. The van der Waals surface area contributed by atoms with Crippen molar-refractivity contribution in [3.05, 3.63) is 139 Å². The van der Waals surface area contributed by atoms with Gasteiger partial charge >= 0.3 is 0 Å². The van der Waals surface area contributed by atoms with Crippen molar-refractivity contribution in [1.82, 2.24) is 15.0 Å². The Morgan fingerprint density at radius 2 is 1.02 bits per heavy atom. The molecule has 2 heterocycles. The van der Waals surface area contributed by atoms with Gasteiger partial charge in [0.1, 0.15) is 11.5 Å². The van der Waals surface area contributed by atoms with E-state index < -0.39 is 0 Å². The van der Waals surface area contributed by atoms with Crippen LogP contribution in [-0.4, -0.2) is 15.0 Å². The highest BCUT2D eigenvalue weighted by molar-refractivity contribution is 6.04. The zero-order valence-electron chi connectivity index (χ0n) is 25.7. The van der Waals surface area contributed by atoms with Crippen molar-refractivity contribution in [3.63, 3.8) is 0 Å². The number of nitrogens with zero attached hydrogens (tertiary/aromatic N) is 3. The van der Waals surface area contributed by atoms with Gasteiger partial charge in [-0.15, -0.1) is 0 Å². The third kappa shape index (κ3) is 4.14. The molecule has 0 saturated heterocycles. The monoisotopic (exact) mass is 529 g/mol. The molecular formula is C37H23N3O. The first-order chi connectivity index (χ1) is 22.0. The molecule has 1 aliphatic rings. The van der Waals surface area contributed by atoms with Gasteiger partial charge in [0.15, 0.2) is 17.5 Å². The van der Waals surface area contributed by atoms with Crippen molar-refractivity contribution in [3.8, 4) is 67.9 Å². The molecule has 0 atom stereocenters. The largest absolute Gasteiger partial charge is 0.456 e. The van der Waals surface area contributed by atoms with Gasteiger partial charge in [0.05, 0.1) is 5.48 Å². The van der Waals surface area contributed by atoms with E-state index in [0.717, 1.165) is 38.8 Å². The maximum atomic E-state index is 9.07. The van der Waals surface area contributed by atoms with Crippen LogP contribution < -0.4 is 4.74 Å². The number of hydrogen-bond donors (Lipinski definition) is 0. The van der Waals surface area contributed by atoms with Crippen LogP contribution in [0.4, 0.5) is 0 Å². The molecule has 6 aromatic carbocycles. The van der Waals surface area contributed by atoms with E-state index in [2.05, 4.69) is 9.97 Å². The molecule has 1 aromatic heterocycles. The summed E-state index contributed by atoms with van der Waals surface area (Å²) >= 11 is 0. The third-order valence-electron chi connectivity index (χ3n) is 7.19. The average molecular weight is 530 g/mol. The van der Waals surface area contributed by atoms with Crippen LogP contribution in [-0.2, 0) is 0 Å². The Morgan fingerprint density at radius 1 is 0.439 bits per heavy atom. The SMILES string of the molecule is [2H]c1c([2H])c(-c2nc(-c3ccccc3)nc(-c3ccccc3)n2)c([2H])c([2H])c1-c1ccc2c(c1)-c1cccc3cccc(c13)O2. The average Bonchev–Trinajstić information content (AvgIpc) is 3.09. The third-order valence-corrected chi connectivity index (χ3v) is 7.19. The Labute approximate surface area is 243 Å². The molecule has 7 aromatic rings.